The Bertz CT molecular complexity index is 1000. The highest BCUT2D eigenvalue weighted by molar-refractivity contribution is 7.89. The zero-order valence-electron chi connectivity index (χ0n) is 14.0. The Hall–Kier alpha value is -1.52. The first-order valence-electron chi connectivity index (χ1n) is 7.89. The second kappa shape index (κ2) is 7.24. The van der Waals surface area contributed by atoms with E-state index < -0.39 is 20.0 Å². The van der Waals surface area contributed by atoms with Gasteiger partial charge in [-0.25, -0.2) is 16.8 Å². The van der Waals surface area contributed by atoms with Crippen LogP contribution in [0.2, 0.25) is 5.02 Å². The summed E-state index contributed by atoms with van der Waals surface area (Å²) >= 11 is 6.10. The lowest BCUT2D eigenvalue weighted by Crippen LogP contribution is -2.50. The van der Waals surface area contributed by atoms with E-state index in [9.17, 15) is 16.8 Å². The largest absolute Gasteiger partial charge is 0.263 e. The lowest BCUT2D eigenvalue weighted by molar-refractivity contribution is 0.273. The van der Waals surface area contributed by atoms with Crippen molar-refractivity contribution in [1.82, 2.24) is 13.6 Å². The highest BCUT2D eigenvalue weighted by Gasteiger charge is 2.34. The summed E-state index contributed by atoms with van der Waals surface area (Å²) in [6, 6.07) is 7.77. The van der Waals surface area contributed by atoms with Crippen LogP contribution in [-0.4, -0.2) is 56.6 Å². The van der Waals surface area contributed by atoms with Crippen LogP contribution in [0.3, 0.4) is 0 Å². The van der Waals surface area contributed by atoms with E-state index in [1.54, 1.807) is 18.2 Å². The number of sulfonamides is 2. The van der Waals surface area contributed by atoms with E-state index in [1.807, 2.05) is 6.92 Å². The van der Waals surface area contributed by atoms with Crippen molar-refractivity contribution in [2.45, 2.75) is 16.7 Å². The van der Waals surface area contributed by atoms with E-state index in [4.69, 9.17) is 11.6 Å². The van der Waals surface area contributed by atoms with Gasteiger partial charge in [0.05, 0.1) is 5.02 Å². The molecule has 2 heterocycles. The van der Waals surface area contributed by atoms with Gasteiger partial charge >= 0.3 is 0 Å². The summed E-state index contributed by atoms with van der Waals surface area (Å²) in [7, 11) is -7.46. The van der Waals surface area contributed by atoms with Crippen LogP contribution in [-0.2, 0) is 20.0 Å². The number of halogens is 1. The van der Waals surface area contributed by atoms with Crippen LogP contribution in [0.25, 0.3) is 0 Å². The Morgan fingerprint density at radius 1 is 0.962 bits per heavy atom. The Labute approximate surface area is 158 Å². The molecule has 1 aromatic carbocycles. The molecule has 0 saturated carbocycles. The number of hydrogen-bond donors (Lipinski definition) is 0. The summed E-state index contributed by atoms with van der Waals surface area (Å²) in [5.41, 5.74) is 0.862. The van der Waals surface area contributed by atoms with Crippen molar-refractivity contribution in [1.29, 1.82) is 0 Å². The van der Waals surface area contributed by atoms with Gasteiger partial charge in [0.15, 0.2) is 0 Å². The van der Waals surface area contributed by atoms with Gasteiger partial charge in [0.1, 0.15) is 9.79 Å². The van der Waals surface area contributed by atoms with E-state index in [-0.39, 0.29) is 41.0 Å². The monoisotopic (exact) mass is 415 g/mol. The number of nitrogens with zero attached hydrogens (tertiary/aromatic N) is 3. The van der Waals surface area contributed by atoms with Crippen molar-refractivity contribution in [2.75, 3.05) is 26.2 Å². The first-order valence-corrected chi connectivity index (χ1v) is 11.2. The molecule has 1 saturated heterocycles. The lowest BCUT2D eigenvalue weighted by atomic mass is 10.2. The van der Waals surface area contributed by atoms with Crippen LogP contribution in [0.15, 0.2) is 52.5 Å². The average molecular weight is 416 g/mol. The highest BCUT2D eigenvalue weighted by atomic mass is 35.5. The molecule has 0 amide bonds. The molecule has 10 heteroatoms. The molecule has 1 aliphatic rings. The third-order valence-electron chi connectivity index (χ3n) is 4.17. The molecule has 0 radical (unpaired) electrons. The van der Waals surface area contributed by atoms with Gasteiger partial charge in [-0.2, -0.15) is 8.61 Å². The molecule has 0 aliphatic carbocycles. The number of pyridine rings is 1. The second-order valence-electron chi connectivity index (χ2n) is 5.93. The number of rotatable bonds is 4. The van der Waals surface area contributed by atoms with Crippen molar-refractivity contribution in [3.63, 3.8) is 0 Å². The molecule has 140 valence electrons. The molecule has 0 atom stereocenters. The van der Waals surface area contributed by atoms with Gasteiger partial charge in [-0.1, -0.05) is 17.7 Å². The molecular weight excluding hydrogens is 398 g/mol. The van der Waals surface area contributed by atoms with E-state index in [2.05, 4.69) is 4.98 Å². The smallest absolute Gasteiger partial charge is 0.244 e. The summed E-state index contributed by atoms with van der Waals surface area (Å²) in [6.45, 7) is 2.09. The number of aromatic nitrogens is 1. The Morgan fingerprint density at radius 2 is 1.58 bits per heavy atom. The third kappa shape index (κ3) is 3.63. The highest BCUT2D eigenvalue weighted by Crippen LogP contribution is 2.27. The fraction of sp³-hybridized carbons (Fsp3) is 0.312. The minimum absolute atomic E-state index is 0.0355. The molecule has 0 unspecified atom stereocenters. The fourth-order valence-electron chi connectivity index (χ4n) is 2.75. The van der Waals surface area contributed by atoms with Crippen LogP contribution in [0, 0.1) is 6.92 Å². The normalized spacial score (nSPS) is 17.3. The van der Waals surface area contributed by atoms with Crippen LogP contribution in [0.1, 0.15) is 5.56 Å². The van der Waals surface area contributed by atoms with E-state index in [0.717, 1.165) is 5.56 Å². The molecule has 1 aliphatic heterocycles. The van der Waals surface area contributed by atoms with Gasteiger partial charge in [-0.3, -0.25) is 4.98 Å². The second-order valence-corrected chi connectivity index (χ2v) is 10.2. The fourth-order valence-corrected chi connectivity index (χ4v) is 6.14. The number of aryl methyl sites for hydroxylation is 1. The van der Waals surface area contributed by atoms with Crippen molar-refractivity contribution in [3.05, 3.63) is 53.3 Å². The van der Waals surface area contributed by atoms with Crippen molar-refractivity contribution in [3.8, 4) is 0 Å². The maximum Gasteiger partial charge on any atom is 0.244 e. The molecule has 2 aromatic rings. The van der Waals surface area contributed by atoms with Gasteiger partial charge in [-0.05, 0) is 36.8 Å². The van der Waals surface area contributed by atoms with Crippen molar-refractivity contribution >= 4 is 31.6 Å². The minimum Gasteiger partial charge on any atom is -0.263 e. The summed E-state index contributed by atoms with van der Waals surface area (Å²) in [4.78, 5) is 3.96. The number of hydrogen-bond acceptors (Lipinski definition) is 5. The van der Waals surface area contributed by atoms with E-state index >= 15 is 0 Å². The van der Waals surface area contributed by atoms with Crippen LogP contribution in [0.5, 0.6) is 0 Å². The Morgan fingerprint density at radius 3 is 2.12 bits per heavy atom. The Kier molecular flexibility index (Phi) is 5.36. The van der Waals surface area contributed by atoms with Gasteiger partial charge in [0.2, 0.25) is 20.0 Å². The Balaban J connectivity index is 1.78. The predicted octanol–water partition coefficient (Wildman–Crippen LogP) is 1.74. The third-order valence-corrected chi connectivity index (χ3v) is 8.44. The van der Waals surface area contributed by atoms with Gasteiger partial charge in [-0.15, -0.1) is 0 Å². The molecule has 0 bridgehead atoms. The van der Waals surface area contributed by atoms with E-state index in [1.165, 1.54) is 33.1 Å². The van der Waals surface area contributed by atoms with Crippen LogP contribution >= 0.6 is 11.6 Å². The van der Waals surface area contributed by atoms with Crippen molar-refractivity contribution in [2.24, 2.45) is 0 Å². The van der Waals surface area contributed by atoms with Gasteiger partial charge < -0.3 is 0 Å². The molecular formula is C16H18ClN3O4S2. The SMILES string of the molecule is Cc1ccc(S(=O)(=O)N2CCN(S(=O)(=O)c3cccnc3)CC2)c(Cl)c1. The number of piperazine rings is 1. The minimum atomic E-state index is -3.78. The zero-order chi connectivity index (χ0) is 18.9. The first kappa shape index (κ1) is 19.2. The summed E-state index contributed by atoms with van der Waals surface area (Å²) in [6.07, 6.45) is 2.78. The van der Waals surface area contributed by atoms with Gasteiger partial charge in [0, 0.05) is 38.6 Å². The molecule has 3 rings (SSSR count). The lowest BCUT2D eigenvalue weighted by Gasteiger charge is -2.33. The summed E-state index contributed by atoms with van der Waals surface area (Å²) < 4.78 is 53.4. The summed E-state index contributed by atoms with van der Waals surface area (Å²) in [5.74, 6) is 0. The standard InChI is InChI=1S/C16H18ClN3O4S2/c1-13-4-5-16(15(17)11-13)26(23,24)20-9-7-19(8-10-20)25(21,22)14-3-2-6-18-12-14/h2-6,11-12H,7-10H2,1H3. The maximum absolute atomic E-state index is 12.8. The zero-order valence-corrected chi connectivity index (χ0v) is 16.4. The molecule has 0 spiro atoms. The molecule has 1 fully saturated rings. The van der Waals surface area contributed by atoms with Crippen LogP contribution < -0.4 is 0 Å². The predicted molar refractivity (Wildman–Crippen MR) is 97.9 cm³/mol. The quantitative estimate of drug-likeness (QED) is 0.758. The molecule has 26 heavy (non-hydrogen) atoms. The van der Waals surface area contributed by atoms with E-state index in [0.29, 0.717) is 0 Å². The average Bonchev–Trinajstić information content (AvgIpc) is 2.62. The first-order chi connectivity index (χ1) is 12.2. The van der Waals surface area contributed by atoms with Crippen molar-refractivity contribution < 1.29 is 16.8 Å². The molecule has 1 aromatic heterocycles. The van der Waals surface area contributed by atoms with Gasteiger partial charge in [0.25, 0.3) is 0 Å². The molecule has 0 N–H and O–H groups in total. The maximum atomic E-state index is 12.8. The topological polar surface area (TPSA) is 87.7 Å². The summed E-state index contributed by atoms with van der Waals surface area (Å²) in [5, 5.41) is 0.162. The molecule has 7 nitrogen and oxygen atoms in total. The van der Waals surface area contributed by atoms with Crippen LogP contribution in [0.4, 0.5) is 0 Å². The number of benzene rings is 1.